The smallest absolute Gasteiger partial charge is 0.188 e. The lowest BCUT2D eigenvalue weighted by Gasteiger charge is -2.18. The molecule has 1 rings (SSSR count). The van der Waals surface area contributed by atoms with Crippen LogP contribution in [0.2, 0.25) is 0 Å². The average Bonchev–Trinajstić information content (AvgIpc) is 2.29. The van der Waals surface area contributed by atoms with E-state index in [1.807, 2.05) is 19.1 Å². The van der Waals surface area contributed by atoms with E-state index < -0.39 is 5.60 Å². The van der Waals surface area contributed by atoms with Crippen LogP contribution >= 0.6 is 11.8 Å². The van der Waals surface area contributed by atoms with E-state index >= 15 is 0 Å². The summed E-state index contributed by atoms with van der Waals surface area (Å²) in [7, 11) is 0. The van der Waals surface area contributed by atoms with Gasteiger partial charge in [0.2, 0.25) is 0 Å². The van der Waals surface area contributed by atoms with Crippen LogP contribution in [0.4, 0.5) is 0 Å². The third-order valence-electron chi connectivity index (χ3n) is 1.88. The maximum atomic E-state index is 8.90. The minimum Gasteiger partial charge on any atom is -0.471 e. The van der Waals surface area contributed by atoms with Crippen molar-refractivity contribution in [1.82, 2.24) is 4.98 Å². The van der Waals surface area contributed by atoms with Gasteiger partial charge in [0.05, 0.1) is 6.20 Å². The van der Waals surface area contributed by atoms with E-state index in [1.54, 1.807) is 19.9 Å². The van der Waals surface area contributed by atoms with Crippen LogP contribution in [-0.2, 0) is 0 Å². The maximum absolute atomic E-state index is 8.90. The van der Waals surface area contributed by atoms with Crippen LogP contribution in [0.25, 0.3) is 0 Å². The molecule has 1 heterocycles. The summed E-state index contributed by atoms with van der Waals surface area (Å²) in [6, 6.07) is 5.83. The monoisotopic (exact) mass is 247 g/mol. The van der Waals surface area contributed by atoms with Crippen LogP contribution < -0.4 is 4.74 Å². The molecule has 0 atom stereocenters. The van der Waals surface area contributed by atoms with Gasteiger partial charge >= 0.3 is 0 Å². The number of ether oxygens (including phenoxy) is 1. The highest BCUT2D eigenvalue weighted by Crippen LogP contribution is 2.26. The second-order valence-corrected chi connectivity index (χ2v) is 5.09. The fourth-order valence-electron chi connectivity index (χ4n) is 1.15. The molecule has 17 heavy (non-hydrogen) atoms. The lowest BCUT2D eigenvalue weighted by Crippen LogP contribution is -2.25. The normalized spacial score (nSPS) is 10.4. The molecule has 0 aromatic carbocycles. The molecule has 0 bridgehead atoms. The summed E-state index contributed by atoms with van der Waals surface area (Å²) < 4.78 is 5.49. The van der Waals surface area contributed by atoms with Gasteiger partial charge < -0.3 is 4.74 Å². The Morgan fingerprint density at radius 3 is 2.71 bits per heavy atom. The Kier molecular flexibility index (Phi) is 4.37. The second-order valence-electron chi connectivity index (χ2n) is 3.79. The molecule has 0 amide bonds. The zero-order chi connectivity index (χ0) is 12.9. The Labute approximate surface area is 105 Å². The second kappa shape index (κ2) is 5.56. The van der Waals surface area contributed by atoms with Crippen molar-refractivity contribution in [3.63, 3.8) is 0 Å². The van der Waals surface area contributed by atoms with Gasteiger partial charge in [-0.15, -0.1) is 11.8 Å². The first-order valence-electron chi connectivity index (χ1n) is 5.15. The van der Waals surface area contributed by atoms with Crippen molar-refractivity contribution in [2.24, 2.45) is 0 Å². The van der Waals surface area contributed by atoms with Crippen molar-refractivity contribution < 1.29 is 4.74 Å². The zero-order valence-electron chi connectivity index (χ0n) is 10.0. The quantitative estimate of drug-likeness (QED) is 0.765. The summed E-state index contributed by atoms with van der Waals surface area (Å²) in [6.45, 7) is 5.36. The first-order chi connectivity index (χ1) is 8.02. The van der Waals surface area contributed by atoms with Crippen molar-refractivity contribution in [1.29, 1.82) is 10.5 Å². The van der Waals surface area contributed by atoms with Crippen molar-refractivity contribution >= 4 is 11.8 Å². The summed E-state index contributed by atoms with van der Waals surface area (Å²) >= 11 is 1.53. The molecular formula is C12H13N3OS. The number of nitrogens with zero attached hydrogens (tertiary/aromatic N) is 3. The highest BCUT2D eigenvalue weighted by atomic mass is 32.2. The predicted octanol–water partition coefficient (Wildman–Crippen LogP) is 2.75. The van der Waals surface area contributed by atoms with E-state index in [2.05, 4.69) is 4.98 Å². The molecule has 5 heteroatoms. The summed E-state index contributed by atoms with van der Waals surface area (Å²) in [6.07, 6.45) is 1.47. The van der Waals surface area contributed by atoms with Gasteiger partial charge in [-0.25, -0.2) is 4.98 Å². The van der Waals surface area contributed by atoms with E-state index in [0.717, 1.165) is 10.6 Å². The average molecular weight is 247 g/mol. The van der Waals surface area contributed by atoms with Gasteiger partial charge in [-0.2, -0.15) is 10.5 Å². The van der Waals surface area contributed by atoms with Crippen LogP contribution in [0.5, 0.6) is 5.75 Å². The topological polar surface area (TPSA) is 69.7 Å². The number of hydrogen-bond donors (Lipinski definition) is 0. The van der Waals surface area contributed by atoms with Crippen LogP contribution in [-0.4, -0.2) is 16.3 Å². The Bertz CT molecular complexity index is 486. The van der Waals surface area contributed by atoms with E-state index in [1.165, 1.54) is 18.0 Å². The third kappa shape index (κ3) is 3.65. The molecule has 0 saturated heterocycles. The van der Waals surface area contributed by atoms with E-state index in [-0.39, 0.29) is 0 Å². The SMILES string of the molecule is CCSc1cc(OC(C)(C)C#N)cnc1C#N. The number of pyridine rings is 1. The molecule has 0 saturated carbocycles. The van der Waals surface area contributed by atoms with E-state index in [4.69, 9.17) is 15.3 Å². The minimum atomic E-state index is -0.899. The molecule has 0 fully saturated rings. The maximum Gasteiger partial charge on any atom is 0.188 e. The number of rotatable bonds is 4. The Morgan fingerprint density at radius 2 is 2.18 bits per heavy atom. The molecule has 1 aromatic heterocycles. The lowest BCUT2D eigenvalue weighted by atomic mass is 10.2. The van der Waals surface area contributed by atoms with Gasteiger partial charge in [0.15, 0.2) is 11.3 Å². The fraction of sp³-hybridized carbons (Fsp3) is 0.417. The predicted molar refractivity (Wildman–Crippen MR) is 65.7 cm³/mol. The molecule has 0 aliphatic heterocycles. The van der Waals surface area contributed by atoms with Crippen LogP contribution in [0, 0.1) is 22.7 Å². The molecule has 4 nitrogen and oxygen atoms in total. The molecule has 0 N–H and O–H groups in total. The molecule has 0 aliphatic rings. The zero-order valence-corrected chi connectivity index (χ0v) is 10.8. The van der Waals surface area contributed by atoms with Gasteiger partial charge in [-0.3, -0.25) is 0 Å². The number of thioether (sulfide) groups is 1. The minimum absolute atomic E-state index is 0.388. The van der Waals surface area contributed by atoms with Crippen LogP contribution in [0.1, 0.15) is 26.5 Å². The number of nitriles is 2. The summed E-state index contributed by atoms with van der Waals surface area (Å²) in [4.78, 5) is 4.80. The molecule has 0 spiro atoms. The number of hydrogen-bond acceptors (Lipinski definition) is 5. The van der Waals surface area contributed by atoms with Gasteiger partial charge in [0.1, 0.15) is 17.9 Å². The molecular weight excluding hydrogens is 234 g/mol. The molecule has 1 aromatic rings. The standard InChI is InChI=1S/C12H13N3OS/c1-4-17-11-5-9(7-15-10(11)6-13)16-12(2,3)8-14/h5,7H,4H2,1-3H3. The summed E-state index contributed by atoms with van der Waals surface area (Å²) in [5, 5.41) is 17.8. The molecule has 0 aliphatic carbocycles. The van der Waals surface area contributed by atoms with Gasteiger partial charge in [-0.05, 0) is 25.7 Å². The van der Waals surface area contributed by atoms with E-state index in [9.17, 15) is 0 Å². The van der Waals surface area contributed by atoms with Crippen molar-refractivity contribution in [2.75, 3.05) is 5.75 Å². The molecule has 0 unspecified atom stereocenters. The lowest BCUT2D eigenvalue weighted by molar-refractivity contribution is 0.169. The summed E-state index contributed by atoms with van der Waals surface area (Å²) in [5.41, 5.74) is -0.511. The number of aromatic nitrogens is 1. The highest BCUT2D eigenvalue weighted by molar-refractivity contribution is 7.99. The molecule has 88 valence electrons. The van der Waals surface area contributed by atoms with Crippen molar-refractivity contribution in [3.05, 3.63) is 18.0 Å². The molecule has 0 radical (unpaired) electrons. The van der Waals surface area contributed by atoms with Crippen LogP contribution in [0.15, 0.2) is 17.2 Å². The third-order valence-corrected chi connectivity index (χ3v) is 2.79. The van der Waals surface area contributed by atoms with Gasteiger partial charge in [-0.1, -0.05) is 6.92 Å². The van der Waals surface area contributed by atoms with Crippen LogP contribution in [0.3, 0.4) is 0 Å². The fourth-order valence-corrected chi connectivity index (χ4v) is 1.89. The Hall–Kier alpha value is -1.72. The largest absolute Gasteiger partial charge is 0.471 e. The highest BCUT2D eigenvalue weighted by Gasteiger charge is 2.19. The Morgan fingerprint density at radius 1 is 1.47 bits per heavy atom. The van der Waals surface area contributed by atoms with Gasteiger partial charge in [0, 0.05) is 4.90 Å². The first kappa shape index (κ1) is 13.3. The Balaban J connectivity index is 3.02. The van der Waals surface area contributed by atoms with Crippen molar-refractivity contribution in [2.45, 2.75) is 31.3 Å². The van der Waals surface area contributed by atoms with Gasteiger partial charge in [0.25, 0.3) is 0 Å². The van der Waals surface area contributed by atoms with Crippen molar-refractivity contribution in [3.8, 4) is 17.9 Å². The first-order valence-corrected chi connectivity index (χ1v) is 6.14. The summed E-state index contributed by atoms with van der Waals surface area (Å²) in [5.74, 6) is 1.35. The van der Waals surface area contributed by atoms with E-state index in [0.29, 0.717) is 11.4 Å².